The fourth-order valence-electron chi connectivity index (χ4n) is 2.55. The van der Waals surface area contributed by atoms with E-state index < -0.39 is 9.84 Å². The number of aromatic nitrogens is 1. The number of fused-ring (bicyclic) bond motifs is 1. The third-order valence-electron chi connectivity index (χ3n) is 3.76. The Balaban J connectivity index is 2.03. The van der Waals surface area contributed by atoms with E-state index in [1.54, 1.807) is 13.1 Å². The van der Waals surface area contributed by atoms with Crippen molar-refractivity contribution in [3.8, 4) is 0 Å². The fraction of sp³-hybridized carbons (Fsp3) is 0.357. The molecule has 0 radical (unpaired) electrons. The normalized spacial score (nSPS) is 22.1. The van der Waals surface area contributed by atoms with Gasteiger partial charge in [0.1, 0.15) is 0 Å². The molecular weight excluding hydrogens is 340 g/mol. The van der Waals surface area contributed by atoms with Crippen molar-refractivity contribution >= 4 is 42.4 Å². The Morgan fingerprint density at radius 3 is 2.90 bits per heavy atom. The zero-order valence-electron chi connectivity index (χ0n) is 11.1. The van der Waals surface area contributed by atoms with Crippen LogP contribution in [0.3, 0.4) is 0 Å². The van der Waals surface area contributed by atoms with E-state index in [1.165, 1.54) is 0 Å². The number of rotatable bonds is 1. The Bertz CT molecular complexity index is 761. The largest absolute Gasteiger partial charge is 0.369 e. The molecule has 3 rings (SSSR count). The summed E-state index contributed by atoms with van der Waals surface area (Å²) >= 11 is 3.44. The van der Waals surface area contributed by atoms with Gasteiger partial charge in [0.2, 0.25) is 0 Å². The fourth-order valence-corrected chi connectivity index (χ4v) is 4.19. The first-order valence-electron chi connectivity index (χ1n) is 6.48. The van der Waals surface area contributed by atoms with Crippen LogP contribution in [-0.4, -0.2) is 37.5 Å². The van der Waals surface area contributed by atoms with Crippen molar-refractivity contribution in [3.05, 3.63) is 34.9 Å². The lowest BCUT2D eigenvalue weighted by Crippen LogP contribution is -2.45. The lowest BCUT2D eigenvalue weighted by molar-refractivity contribution is 0.569. The highest BCUT2D eigenvalue weighted by atomic mass is 79.9. The molecule has 1 aromatic carbocycles. The standard InChI is InChI=1S/C14H15BrN2O2S/c1-10-9-17(6-7-20(10,18)19)14-4-5-16-13-8-11(15)2-3-12(13)14/h2-5,8,10H,6-7,9H2,1H3. The van der Waals surface area contributed by atoms with E-state index in [-0.39, 0.29) is 11.0 Å². The Labute approximate surface area is 126 Å². The summed E-state index contributed by atoms with van der Waals surface area (Å²) in [6.07, 6.45) is 1.78. The lowest BCUT2D eigenvalue weighted by atomic mass is 10.1. The summed E-state index contributed by atoms with van der Waals surface area (Å²) in [7, 11) is -2.93. The summed E-state index contributed by atoms with van der Waals surface area (Å²) in [5.41, 5.74) is 1.97. The molecule has 6 heteroatoms. The monoisotopic (exact) mass is 354 g/mol. The van der Waals surface area contributed by atoms with Gasteiger partial charge in [0.25, 0.3) is 0 Å². The summed E-state index contributed by atoms with van der Waals surface area (Å²) in [4.78, 5) is 6.51. The van der Waals surface area contributed by atoms with Gasteiger partial charge in [0.15, 0.2) is 9.84 Å². The van der Waals surface area contributed by atoms with Crippen molar-refractivity contribution in [1.82, 2.24) is 4.98 Å². The number of benzene rings is 1. The van der Waals surface area contributed by atoms with Crippen LogP contribution < -0.4 is 4.90 Å². The van der Waals surface area contributed by atoms with Crippen molar-refractivity contribution in [2.75, 3.05) is 23.7 Å². The topological polar surface area (TPSA) is 50.3 Å². The number of pyridine rings is 1. The predicted molar refractivity (Wildman–Crippen MR) is 84.9 cm³/mol. The van der Waals surface area contributed by atoms with E-state index in [1.807, 2.05) is 24.3 Å². The summed E-state index contributed by atoms with van der Waals surface area (Å²) in [6.45, 7) is 2.86. The zero-order chi connectivity index (χ0) is 14.3. The van der Waals surface area contributed by atoms with E-state index in [2.05, 4.69) is 25.8 Å². The molecule has 2 aromatic rings. The van der Waals surface area contributed by atoms with E-state index in [4.69, 9.17) is 0 Å². The molecule has 0 saturated carbocycles. The maximum atomic E-state index is 11.8. The quantitative estimate of drug-likeness (QED) is 0.789. The molecule has 0 amide bonds. The molecule has 1 fully saturated rings. The second-order valence-corrected chi connectivity index (χ2v) is 8.57. The minimum absolute atomic E-state index is 0.217. The van der Waals surface area contributed by atoms with Crippen LogP contribution in [0.5, 0.6) is 0 Å². The van der Waals surface area contributed by atoms with Gasteiger partial charge in [-0.1, -0.05) is 15.9 Å². The van der Waals surface area contributed by atoms with Gasteiger partial charge < -0.3 is 4.90 Å². The summed E-state index contributed by atoms with van der Waals surface area (Å²) < 4.78 is 24.6. The third-order valence-corrected chi connectivity index (χ3v) is 6.38. The van der Waals surface area contributed by atoms with Gasteiger partial charge in [-0.15, -0.1) is 0 Å². The van der Waals surface area contributed by atoms with Crippen LogP contribution in [0.25, 0.3) is 10.9 Å². The highest BCUT2D eigenvalue weighted by molar-refractivity contribution is 9.10. The Morgan fingerprint density at radius 1 is 1.35 bits per heavy atom. The number of anilines is 1. The van der Waals surface area contributed by atoms with Crippen molar-refractivity contribution < 1.29 is 8.42 Å². The van der Waals surface area contributed by atoms with Crippen molar-refractivity contribution in [3.63, 3.8) is 0 Å². The number of halogens is 1. The maximum absolute atomic E-state index is 11.8. The molecule has 1 aromatic heterocycles. The molecule has 2 heterocycles. The minimum atomic E-state index is -2.93. The summed E-state index contributed by atoms with van der Waals surface area (Å²) in [6, 6.07) is 7.94. The number of hydrogen-bond acceptors (Lipinski definition) is 4. The molecule has 1 aliphatic rings. The zero-order valence-corrected chi connectivity index (χ0v) is 13.5. The van der Waals surface area contributed by atoms with Gasteiger partial charge in [0.05, 0.1) is 16.5 Å². The molecule has 0 bridgehead atoms. The average Bonchev–Trinajstić information content (AvgIpc) is 2.41. The Morgan fingerprint density at radius 2 is 2.15 bits per heavy atom. The van der Waals surface area contributed by atoms with Gasteiger partial charge in [-0.3, -0.25) is 4.98 Å². The summed E-state index contributed by atoms with van der Waals surface area (Å²) in [5.74, 6) is 0.217. The number of sulfone groups is 1. The molecule has 0 spiro atoms. The highest BCUT2D eigenvalue weighted by Crippen LogP contribution is 2.29. The van der Waals surface area contributed by atoms with Gasteiger partial charge in [0, 0.05) is 34.8 Å². The third kappa shape index (κ3) is 2.42. The second-order valence-electron chi connectivity index (χ2n) is 5.12. The lowest BCUT2D eigenvalue weighted by Gasteiger charge is -2.33. The number of hydrogen-bond donors (Lipinski definition) is 0. The van der Waals surface area contributed by atoms with Crippen LogP contribution in [0.15, 0.2) is 34.9 Å². The van der Waals surface area contributed by atoms with E-state index in [9.17, 15) is 8.42 Å². The number of nitrogens with zero attached hydrogens (tertiary/aromatic N) is 2. The van der Waals surface area contributed by atoms with Gasteiger partial charge in [-0.05, 0) is 31.2 Å². The SMILES string of the molecule is CC1CN(c2ccnc3cc(Br)ccc23)CCS1(=O)=O. The minimum Gasteiger partial charge on any atom is -0.369 e. The van der Waals surface area contributed by atoms with Crippen molar-refractivity contribution in [2.24, 2.45) is 0 Å². The first kappa shape index (κ1) is 13.8. The molecule has 106 valence electrons. The molecule has 1 saturated heterocycles. The average molecular weight is 355 g/mol. The maximum Gasteiger partial charge on any atom is 0.156 e. The molecule has 1 aliphatic heterocycles. The van der Waals surface area contributed by atoms with Gasteiger partial charge in [-0.2, -0.15) is 0 Å². The molecule has 1 atom stereocenters. The van der Waals surface area contributed by atoms with E-state index in [0.717, 1.165) is 21.1 Å². The molecule has 4 nitrogen and oxygen atoms in total. The second kappa shape index (κ2) is 5.00. The van der Waals surface area contributed by atoms with Crippen molar-refractivity contribution in [2.45, 2.75) is 12.2 Å². The van der Waals surface area contributed by atoms with Crippen LogP contribution in [0.1, 0.15) is 6.92 Å². The van der Waals surface area contributed by atoms with Gasteiger partial charge >= 0.3 is 0 Å². The first-order valence-corrected chi connectivity index (χ1v) is 8.99. The van der Waals surface area contributed by atoms with Crippen LogP contribution in [0.2, 0.25) is 0 Å². The molecule has 0 aliphatic carbocycles. The molecule has 20 heavy (non-hydrogen) atoms. The Kier molecular flexibility index (Phi) is 3.46. The smallest absolute Gasteiger partial charge is 0.156 e. The molecule has 1 unspecified atom stereocenters. The van der Waals surface area contributed by atoms with Crippen molar-refractivity contribution in [1.29, 1.82) is 0 Å². The van der Waals surface area contributed by atoms with Gasteiger partial charge in [-0.25, -0.2) is 8.42 Å². The van der Waals surface area contributed by atoms with Crippen LogP contribution in [0.4, 0.5) is 5.69 Å². The first-order chi connectivity index (χ1) is 9.47. The Hall–Kier alpha value is -1.14. The van der Waals surface area contributed by atoms with Crippen LogP contribution in [0, 0.1) is 0 Å². The molecular formula is C14H15BrN2O2S. The highest BCUT2D eigenvalue weighted by Gasteiger charge is 2.30. The van der Waals surface area contributed by atoms with Crippen LogP contribution in [-0.2, 0) is 9.84 Å². The van der Waals surface area contributed by atoms with E-state index >= 15 is 0 Å². The van der Waals surface area contributed by atoms with E-state index in [0.29, 0.717) is 13.1 Å². The summed E-state index contributed by atoms with van der Waals surface area (Å²) in [5, 5.41) is 0.733. The molecule has 0 N–H and O–H groups in total. The van der Waals surface area contributed by atoms with Crippen LogP contribution >= 0.6 is 15.9 Å². The predicted octanol–water partition coefficient (Wildman–Crippen LogP) is 2.62.